The number of carbonyl (C=O) groups is 1. The molecule has 0 aromatic carbocycles. The van der Waals surface area contributed by atoms with Crippen LogP contribution in [0.3, 0.4) is 0 Å². The highest BCUT2D eigenvalue weighted by Gasteiger charge is 2.66. The average molecular weight is 393 g/mol. The van der Waals surface area contributed by atoms with Crippen molar-refractivity contribution >= 4 is 26.1 Å². The van der Waals surface area contributed by atoms with Crippen LogP contribution in [0.5, 0.6) is 0 Å². The zero-order valence-electron chi connectivity index (χ0n) is 12.0. The number of hydrogen-bond donors (Lipinski definition) is 1. The van der Waals surface area contributed by atoms with Gasteiger partial charge >= 0.3 is 21.5 Å². The minimum absolute atomic E-state index is 0.207. The van der Waals surface area contributed by atoms with Gasteiger partial charge in [-0.05, 0) is 18.8 Å². The molecule has 24 heavy (non-hydrogen) atoms. The molecule has 2 saturated carbocycles. The molecular weight excluding hydrogens is 379 g/mol. The van der Waals surface area contributed by atoms with Crippen LogP contribution in [0.15, 0.2) is 0 Å². The van der Waals surface area contributed by atoms with E-state index in [4.69, 9.17) is 8.92 Å². The van der Waals surface area contributed by atoms with Crippen LogP contribution in [0, 0.1) is 17.8 Å². The smallest absolute Gasteiger partial charge is 0.464 e. The van der Waals surface area contributed by atoms with Crippen LogP contribution in [0.1, 0.15) is 12.8 Å². The molecule has 0 aromatic heterocycles. The standard InChI is InChI=1S/C11H14F3NO7S2/c12-11(13,14)24(19,20)15-1-2-21-10(16)8-5-3-6-7(4-5)22-23(17,18)9(6)8/h5-9,15H,1-4H2. The van der Waals surface area contributed by atoms with Gasteiger partial charge in [0.25, 0.3) is 10.1 Å². The molecule has 2 bridgehead atoms. The minimum atomic E-state index is -5.51. The second-order valence-electron chi connectivity index (χ2n) is 6.02. The summed E-state index contributed by atoms with van der Waals surface area (Å²) in [4.78, 5) is 12.1. The number of rotatable bonds is 5. The number of carbonyl (C=O) groups excluding carboxylic acids is 1. The fraction of sp³-hybridized carbons (Fsp3) is 0.909. The Balaban J connectivity index is 1.56. The van der Waals surface area contributed by atoms with Crippen molar-refractivity contribution in [3.05, 3.63) is 0 Å². The largest absolute Gasteiger partial charge is 0.511 e. The van der Waals surface area contributed by atoms with Crippen molar-refractivity contribution in [2.45, 2.75) is 29.7 Å². The van der Waals surface area contributed by atoms with Gasteiger partial charge in [0.2, 0.25) is 0 Å². The summed E-state index contributed by atoms with van der Waals surface area (Å²) in [5, 5.41) is -0.986. The van der Waals surface area contributed by atoms with Crippen molar-refractivity contribution in [3.63, 3.8) is 0 Å². The van der Waals surface area contributed by atoms with E-state index < -0.39 is 62.0 Å². The Labute approximate surface area is 135 Å². The summed E-state index contributed by atoms with van der Waals surface area (Å²) in [5.74, 6) is -2.24. The van der Waals surface area contributed by atoms with Crippen molar-refractivity contribution < 1.29 is 43.7 Å². The zero-order valence-corrected chi connectivity index (χ0v) is 13.7. The maximum Gasteiger partial charge on any atom is 0.511 e. The Hall–Kier alpha value is -0.920. The molecule has 5 unspecified atom stereocenters. The molecule has 138 valence electrons. The quantitative estimate of drug-likeness (QED) is 0.388. The predicted octanol–water partition coefficient (Wildman–Crippen LogP) is -0.278. The highest BCUT2D eigenvalue weighted by Crippen LogP contribution is 2.57. The Kier molecular flexibility index (Phi) is 4.13. The molecule has 1 aliphatic heterocycles. The Morgan fingerprint density at radius 3 is 2.58 bits per heavy atom. The maximum atomic E-state index is 12.1. The van der Waals surface area contributed by atoms with E-state index in [1.165, 1.54) is 4.72 Å². The molecule has 3 rings (SSSR count). The number of esters is 1. The summed E-state index contributed by atoms with van der Waals surface area (Å²) in [5.41, 5.74) is -5.45. The topological polar surface area (TPSA) is 116 Å². The van der Waals surface area contributed by atoms with Gasteiger partial charge in [0.05, 0.1) is 12.0 Å². The highest BCUT2D eigenvalue weighted by atomic mass is 32.2. The van der Waals surface area contributed by atoms with Crippen molar-refractivity contribution in [2.24, 2.45) is 17.8 Å². The number of nitrogens with one attached hydrogen (secondary N) is 1. The molecule has 0 amide bonds. The first-order chi connectivity index (χ1) is 10.9. The molecule has 1 heterocycles. The number of sulfonamides is 1. The van der Waals surface area contributed by atoms with E-state index in [0.717, 1.165) is 0 Å². The van der Waals surface area contributed by atoms with Gasteiger partial charge in [-0.15, -0.1) is 0 Å². The fourth-order valence-electron chi connectivity index (χ4n) is 3.82. The Morgan fingerprint density at radius 2 is 1.96 bits per heavy atom. The molecule has 1 saturated heterocycles. The van der Waals surface area contributed by atoms with Crippen LogP contribution >= 0.6 is 0 Å². The monoisotopic (exact) mass is 393 g/mol. The van der Waals surface area contributed by atoms with Crippen LogP contribution in [0.2, 0.25) is 0 Å². The highest BCUT2D eigenvalue weighted by molar-refractivity contribution is 7.90. The first kappa shape index (κ1) is 17.9. The molecule has 1 N–H and O–H groups in total. The number of ether oxygens (including phenoxy) is 1. The van der Waals surface area contributed by atoms with E-state index >= 15 is 0 Å². The van der Waals surface area contributed by atoms with Crippen LogP contribution in [-0.2, 0) is 33.9 Å². The van der Waals surface area contributed by atoms with E-state index in [1.807, 2.05) is 0 Å². The van der Waals surface area contributed by atoms with Gasteiger partial charge in [0.1, 0.15) is 11.9 Å². The third-order valence-electron chi connectivity index (χ3n) is 4.68. The van der Waals surface area contributed by atoms with Crippen molar-refractivity contribution in [1.29, 1.82) is 0 Å². The summed E-state index contributed by atoms with van der Waals surface area (Å²) in [6.45, 7) is -1.38. The third kappa shape index (κ3) is 2.80. The second-order valence-corrected chi connectivity index (χ2v) is 9.51. The number of halogens is 3. The van der Waals surface area contributed by atoms with Crippen molar-refractivity contribution in [3.8, 4) is 0 Å². The van der Waals surface area contributed by atoms with Crippen molar-refractivity contribution in [1.82, 2.24) is 4.72 Å². The molecule has 13 heteroatoms. The normalized spacial score (nSPS) is 36.9. The van der Waals surface area contributed by atoms with Gasteiger partial charge in [0, 0.05) is 12.5 Å². The molecule has 3 fully saturated rings. The zero-order chi connectivity index (χ0) is 17.9. The van der Waals surface area contributed by atoms with E-state index in [2.05, 4.69) is 0 Å². The summed E-state index contributed by atoms with van der Waals surface area (Å²) >= 11 is 0. The van der Waals surface area contributed by atoms with Gasteiger partial charge in [0.15, 0.2) is 0 Å². The fourth-order valence-corrected chi connectivity index (χ4v) is 6.43. The summed E-state index contributed by atoms with van der Waals surface area (Å²) in [7, 11) is -9.37. The lowest BCUT2D eigenvalue weighted by molar-refractivity contribution is -0.150. The van der Waals surface area contributed by atoms with Crippen LogP contribution in [-0.4, -0.2) is 52.8 Å². The Morgan fingerprint density at radius 1 is 1.29 bits per heavy atom. The van der Waals surface area contributed by atoms with Gasteiger partial charge in [-0.3, -0.25) is 8.98 Å². The predicted molar refractivity (Wildman–Crippen MR) is 71.2 cm³/mol. The Bertz CT molecular complexity index is 746. The van der Waals surface area contributed by atoms with E-state index in [-0.39, 0.29) is 11.8 Å². The lowest BCUT2D eigenvalue weighted by Gasteiger charge is -2.23. The van der Waals surface area contributed by atoms with E-state index in [9.17, 15) is 34.8 Å². The van der Waals surface area contributed by atoms with Crippen LogP contribution in [0.4, 0.5) is 13.2 Å². The number of alkyl halides is 3. The van der Waals surface area contributed by atoms with Crippen molar-refractivity contribution in [2.75, 3.05) is 13.2 Å². The first-order valence-electron chi connectivity index (χ1n) is 7.09. The summed E-state index contributed by atoms with van der Waals surface area (Å²) in [6, 6.07) is 0. The summed E-state index contributed by atoms with van der Waals surface area (Å²) in [6.07, 6.45) is 0.531. The van der Waals surface area contributed by atoms with E-state index in [0.29, 0.717) is 12.8 Å². The maximum absolute atomic E-state index is 12.1. The van der Waals surface area contributed by atoms with Gasteiger partial charge in [-0.2, -0.15) is 21.6 Å². The lowest BCUT2D eigenvalue weighted by atomic mass is 9.87. The third-order valence-corrected chi connectivity index (χ3v) is 7.70. The minimum Gasteiger partial charge on any atom is -0.464 e. The molecule has 0 aromatic rings. The lowest BCUT2D eigenvalue weighted by Crippen LogP contribution is -2.40. The second kappa shape index (κ2) is 5.54. The summed E-state index contributed by atoms with van der Waals surface area (Å²) < 4.78 is 92.7. The van der Waals surface area contributed by atoms with Gasteiger partial charge in [-0.1, -0.05) is 0 Å². The van der Waals surface area contributed by atoms with Crippen LogP contribution in [0.25, 0.3) is 0 Å². The average Bonchev–Trinajstić information content (AvgIpc) is 3.02. The SMILES string of the molecule is O=C(OCCNS(=O)(=O)C(F)(F)F)C1C2CC3OS(=O)(=O)C1C3C2. The molecule has 8 nitrogen and oxygen atoms in total. The van der Waals surface area contributed by atoms with Gasteiger partial charge < -0.3 is 4.74 Å². The molecule has 3 aliphatic rings. The van der Waals surface area contributed by atoms with Crippen LogP contribution < -0.4 is 4.72 Å². The molecule has 2 aliphatic carbocycles. The molecular formula is C11H14F3NO7S2. The first-order valence-corrected chi connectivity index (χ1v) is 10.0. The number of fused-ring (bicyclic) bond motifs is 1. The number of hydrogen-bond acceptors (Lipinski definition) is 7. The molecule has 0 radical (unpaired) electrons. The molecule has 5 atom stereocenters. The van der Waals surface area contributed by atoms with Gasteiger partial charge in [-0.25, -0.2) is 13.1 Å². The molecule has 0 spiro atoms. The van der Waals surface area contributed by atoms with E-state index in [1.54, 1.807) is 0 Å².